The Kier molecular flexibility index (Phi) is 6.76. The van der Waals surface area contributed by atoms with Gasteiger partial charge in [0.25, 0.3) is 0 Å². The van der Waals surface area contributed by atoms with Crippen LogP contribution >= 0.6 is 0 Å². The van der Waals surface area contributed by atoms with Crippen molar-refractivity contribution in [3.63, 3.8) is 0 Å². The summed E-state index contributed by atoms with van der Waals surface area (Å²) in [4.78, 5) is 2.67. The zero-order valence-electron chi connectivity index (χ0n) is 15.7. The molecular weight excluding hydrogens is 270 g/mol. The smallest absolute Gasteiger partial charge is 0.0597 e. The number of likely N-dealkylation sites (tertiary alicyclic amines) is 1. The van der Waals surface area contributed by atoms with Crippen LogP contribution in [0.4, 0.5) is 0 Å². The van der Waals surface area contributed by atoms with Gasteiger partial charge in [-0.1, -0.05) is 34.1 Å². The maximum Gasteiger partial charge on any atom is 0.0597 e. The molecule has 2 nitrogen and oxygen atoms in total. The Bertz CT molecular complexity index is 314. The van der Waals surface area contributed by atoms with Gasteiger partial charge in [0, 0.05) is 19.1 Å². The quantitative estimate of drug-likeness (QED) is 0.699. The first-order valence-corrected chi connectivity index (χ1v) is 9.75. The Morgan fingerprint density at radius 2 is 1.68 bits per heavy atom. The van der Waals surface area contributed by atoms with Gasteiger partial charge in [0.05, 0.1) is 12.7 Å². The van der Waals surface area contributed by atoms with E-state index in [0.29, 0.717) is 11.5 Å². The highest BCUT2D eigenvalue weighted by molar-refractivity contribution is 4.81. The van der Waals surface area contributed by atoms with E-state index in [1.807, 2.05) is 0 Å². The molecule has 1 aliphatic heterocycles. The van der Waals surface area contributed by atoms with Crippen molar-refractivity contribution in [1.29, 1.82) is 0 Å². The van der Waals surface area contributed by atoms with Crippen LogP contribution < -0.4 is 0 Å². The molecule has 0 radical (unpaired) electrons. The van der Waals surface area contributed by atoms with Crippen LogP contribution in [0.25, 0.3) is 0 Å². The van der Waals surface area contributed by atoms with Crippen molar-refractivity contribution >= 4 is 0 Å². The van der Waals surface area contributed by atoms with E-state index < -0.39 is 0 Å². The molecule has 1 saturated carbocycles. The largest absolute Gasteiger partial charge is 0.377 e. The lowest BCUT2D eigenvalue weighted by Crippen LogP contribution is -2.43. The molecule has 0 bridgehead atoms. The van der Waals surface area contributed by atoms with Gasteiger partial charge in [0.1, 0.15) is 0 Å². The Labute approximate surface area is 139 Å². The topological polar surface area (TPSA) is 12.5 Å². The fraction of sp³-hybridized carbons (Fsp3) is 1.00. The average Bonchev–Trinajstić information content (AvgIpc) is 2.49. The van der Waals surface area contributed by atoms with Gasteiger partial charge in [-0.3, -0.25) is 4.90 Å². The Hall–Kier alpha value is -0.0800. The van der Waals surface area contributed by atoms with E-state index in [2.05, 4.69) is 39.5 Å². The van der Waals surface area contributed by atoms with Crippen LogP contribution in [0.1, 0.15) is 79.6 Å². The molecule has 2 heteroatoms. The second kappa shape index (κ2) is 8.15. The van der Waals surface area contributed by atoms with Crippen molar-refractivity contribution in [1.82, 2.24) is 4.90 Å². The number of hydrogen-bond donors (Lipinski definition) is 0. The first-order chi connectivity index (χ1) is 10.4. The molecule has 2 fully saturated rings. The van der Waals surface area contributed by atoms with Gasteiger partial charge in [0.2, 0.25) is 0 Å². The number of ether oxygens (including phenoxy) is 1. The van der Waals surface area contributed by atoms with Crippen LogP contribution in [0.3, 0.4) is 0 Å². The van der Waals surface area contributed by atoms with Crippen molar-refractivity contribution in [2.24, 2.45) is 17.3 Å². The molecule has 1 aliphatic carbocycles. The molecule has 0 aromatic heterocycles. The molecule has 22 heavy (non-hydrogen) atoms. The molecule has 2 rings (SSSR count). The molecule has 0 aromatic carbocycles. The standard InChI is InChI=1S/C20H39NO/c1-6-17-8-7-16(2)21(15-17)13-14-22-19-11-9-18(10-12-19)20(3,4)5/h16-19H,6-15H2,1-5H3. The molecule has 130 valence electrons. The van der Waals surface area contributed by atoms with E-state index >= 15 is 0 Å². The third-order valence-corrected chi connectivity index (χ3v) is 6.32. The maximum absolute atomic E-state index is 6.22. The van der Waals surface area contributed by atoms with Crippen LogP contribution in [0, 0.1) is 17.3 Å². The summed E-state index contributed by atoms with van der Waals surface area (Å²) in [6, 6.07) is 0.753. The summed E-state index contributed by atoms with van der Waals surface area (Å²) >= 11 is 0. The van der Waals surface area contributed by atoms with Gasteiger partial charge in [0.15, 0.2) is 0 Å². The van der Waals surface area contributed by atoms with E-state index in [0.717, 1.165) is 31.0 Å². The molecule has 1 heterocycles. The van der Waals surface area contributed by atoms with Crippen molar-refractivity contribution in [3.05, 3.63) is 0 Å². The summed E-state index contributed by atoms with van der Waals surface area (Å²) in [5.74, 6) is 1.80. The van der Waals surface area contributed by atoms with Gasteiger partial charge in [-0.15, -0.1) is 0 Å². The number of rotatable bonds is 5. The maximum atomic E-state index is 6.22. The predicted octanol–water partition coefficient (Wildman–Crippen LogP) is 5.12. The Morgan fingerprint density at radius 1 is 1.00 bits per heavy atom. The van der Waals surface area contributed by atoms with E-state index in [4.69, 9.17) is 4.74 Å². The fourth-order valence-electron chi connectivity index (χ4n) is 4.34. The predicted molar refractivity (Wildman–Crippen MR) is 95.2 cm³/mol. The van der Waals surface area contributed by atoms with Crippen LogP contribution in [-0.2, 0) is 4.74 Å². The van der Waals surface area contributed by atoms with Crippen LogP contribution in [0.2, 0.25) is 0 Å². The summed E-state index contributed by atoms with van der Waals surface area (Å²) in [6.07, 6.45) is 9.91. The van der Waals surface area contributed by atoms with Gasteiger partial charge >= 0.3 is 0 Å². The summed E-state index contributed by atoms with van der Waals surface area (Å²) in [5, 5.41) is 0. The van der Waals surface area contributed by atoms with Gasteiger partial charge in [-0.25, -0.2) is 0 Å². The van der Waals surface area contributed by atoms with Gasteiger partial charge in [-0.2, -0.15) is 0 Å². The first kappa shape index (κ1) is 18.3. The third-order valence-electron chi connectivity index (χ3n) is 6.32. The SMILES string of the molecule is CCC1CCC(C)N(CCOC2CCC(C(C)(C)C)CC2)C1. The molecule has 0 aromatic rings. The van der Waals surface area contributed by atoms with Crippen molar-refractivity contribution < 1.29 is 4.74 Å². The fourth-order valence-corrected chi connectivity index (χ4v) is 4.34. The third kappa shape index (κ3) is 5.23. The van der Waals surface area contributed by atoms with Crippen LogP contribution in [0.15, 0.2) is 0 Å². The average molecular weight is 310 g/mol. The molecule has 1 saturated heterocycles. The molecule has 2 unspecified atom stereocenters. The number of nitrogens with zero attached hydrogens (tertiary/aromatic N) is 1. The van der Waals surface area contributed by atoms with Crippen molar-refractivity contribution in [2.45, 2.75) is 91.7 Å². The van der Waals surface area contributed by atoms with E-state index in [9.17, 15) is 0 Å². The lowest BCUT2D eigenvalue weighted by Gasteiger charge is -2.39. The second-order valence-electron chi connectivity index (χ2n) is 8.91. The lowest BCUT2D eigenvalue weighted by molar-refractivity contribution is -0.0145. The summed E-state index contributed by atoms with van der Waals surface area (Å²) in [6.45, 7) is 15.3. The van der Waals surface area contributed by atoms with Crippen LogP contribution in [0.5, 0.6) is 0 Å². The number of hydrogen-bond acceptors (Lipinski definition) is 2. The van der Waals surface area contributed by atoms with E-state index in [1.54, 1.807) is 0 Å². The van der Waals surface area contributed by atoms with Crippen molar-refractivity contribution in [3.8, 4) is 0 Å². The minimum Gasteiger partial charge on any atom is -0.377 e. The first-order valence-electron chi connectivity index (χ1n) is 9.75. The molecule has 2 atom stereocenters. The van der Waals surface area contributed by atoms with Gasteiger partial charge < -0.3 is 4.74 Å². The van der Waals surface area contributed by atoms with Gasteiger partial charge in [-0.05, 0) is 62.7 Å². The lowest BCUT2D eigenvalue weighted by atomic mass is 9.72. The Balaban J connectivity index is 1.65. The summed E-state index contributed by atoms with van der Waals surface area (Å²) in [5.41, 5.74) is 0.476. The monoisotopic (exact) mass is 309 g/mol. The summed E-state index contributed by atoms with van der Waals surface area (Å²) in [7, 11) is 0. The van der Waals surface area contributed by atoms with Crippen molar-refractivity contribution in [2.75, 3.05) is 19.7 Å². The molecule has 2 aliphatic rings. The minimum absolute atomic E-state index is 0.476. The highest BCUT2D eigenvalue weighted by Gasteiger charge is 2.30. The highest BCUT2D eigenvalue weighted by Crippen LogP contribution is 2.38. The normalized spacial score (nSPS) is 34.8. The molecule has 0 spiro atoms. The van der Waals surface area contributed by atoms with E-state index in [-0.39, 0.29) is 0 Å². The minimum atomic E-state index is 0.476. The Morgan fingerprint density at radius 3 is 2.27 bits per heavy atom. The zero-order chi connectivity index (χ0) is 16.2. The zero-order valence-corrected chi connectivity index (χ0v) is 15.7. The molecular formula is C20H39NO. The van der Waals surface area contributed by atoms with E-state index in [1.165, 1.54) is 51.5 Å². The summed E-state index contributed by atoms with van der Waals surface area (Å²) < 4.78 is 6.22. The number of piperidine rings is 1. The molecule has 0 N–H and O–H groups in total. The highest BCUT2D eigenvalue weighted by atomic mass is 16.5. The second-order valence-corrected chi connectivity index (χ2v) is 8.91. The van der Waals surface area contributed by atoms with Crippen LogP contribution in [-0.4, -0.2) is 36.7 Å². The molecule has 0 amide bonds.